The Hall–Kier alpha value is -1.30. The Morgan fingerprint density at radius 2 is 1.76 bits per heavy atom. The van der Waals surface area contributed by atoms with Gasteiger partial charge in [0.1, 0.15) is 12.3 Å². The van der Waals surface area contributed by atoms with Crippen molar-refractivity contribution in [1.29, 1.82) is 0 Å². The van der Waals surface area contributed by atoms with Gasteiger partial charge in [-0.1, -0.05) is 27.7 Å². The SMILES string of the molecule is CN(C)C(C)(C)C(C)(C)COC[C@H]1O[C@@H](n2ccc(=O)[nH]c2=O)C(CC(C)(C)[Si](C)(C)O)C1O. The van der Waals surface area contributed by atoms with Crippen LogP contribution in [0.25, 0.3) is 0 Å². The predicted molar refractivity (Wildman–Crippen MR) is 135 cm³/mol. The van der Waals surface area contributed by atoms with Crippen molar-refractivity contribution in [2.45, 2.75) is 90.1 Å². The van der Waals surface area contributed by atoms with Crippen molar-refractivity contribution in [2.75, 3.05) is 27.3 Å². The summed E-state index contributed by atoms with van der Waals surface area (Å²) in [5.41, 5.74) is -1.39. The van der Waals surface area contributed by atoms with Gasteiger partial charge in [0.05, 0.1) is 19.3 Å². The van der Waals surface area contributed by atoms with Crippen molar-refractivity contribution in [3.05, 3.63) is 33.1 Å². The maximum atomic E-state index is 12.5. The third kappa shape index (κ3) is 5.91. The number of aromatic nitrogens is 2. The minimum atomic E-state index is -2.59. The van der Waals surface area contributed by atoms with E-state index >= 15 is 0 Å². The first-order valence-electron chi connectivity index (χ1n) is 11.9. The molecular weight excluding hydrogens is 454 g/mol. The largest absolute Gasteiger partial charge is 0.432 e. The van der Waals surface area contributed by atoms with Crippen molar-refractivity contribution in [1.82, 2.24) is 14.5 Å². The second-order valence-corrected chi connectivity index (χ2v) is 16.7. The van der Waals surface area contributed by atoms with Crippen LogP contribution in [0.1, 0.15) is 54.2 Å². The Labute approximate surface area is 204 Å². The second-order valence-electron chi connectivity index (χ2n) is 12.2. The molecule has 3 N–H and O–H groups in total. The molecule has 9 nitrogen and oxygen atoms in total. The van der Waals surface area contributed by atoms with E-state index in [0.29, 0.717) is 13.0 Å². The van der Waals surface area contributed by atoms with Crippen molar-refractivity contribution in [3.8, 4) is 0 Å². The summed E-state index contributed by atoms with van der Waals surface area (Å²) in [4.78, 5) is 39.4. The zero-order chi connectivity index (χ0) is 26.3. The van der Waals surface area contributed by atoms with Crippen LogP contribution in [0.3, 0.4) is 0 Å². The standard InChI is InChI=1S/C24H45N3O6Si/c1-22(2,24(5,6)26(7)8)15-32-14-17-19(29)16(13-23(3,4)34(9,10)31)20(33-17)27-12-11-18(28)25-21(27)30/h11-12,16-17,19-20,29,31H,13-15H2,1-10H3,(H,25,28,30)/t16?,17-,19?,20-/m1/s1. The second kappa shape index (κ2) is 9.98. The summed E-state index contributed by atoms with van der Waals surface area (Å²) in [6.07, 6.45) is -0.479. The number of aromatic amines is 1. The van der Waals surface area contributed by atoms with E-state index in [9.17, 15) is 19.5 Å². The van der Waals surface area contributed by atoms with Gasteiger partial charge >= 0.3 is 5.69 Å². The van der Waals surface area contributed by atoms with Crippen molar-refractivity contribution < 1.29 is 19.4 Å². The van der Waals surface area contributed by atoms with Gasteiger partial charge in [-0.3, -0.25) is 14.3 Å². The van der Waals surface area contributed by atoms with Crippen LogP contribution >= 0.6 is 0 Å². The molecule has 1 saturated heterocycles. The minimum absolute atomic E-state index is 0.127. The monoisotopic (exact) mass is 499 g/mol. The fourth-order valence-corrected chi connectivity index (χ4v) is 4.85. The smallest absolute Gasteiger partial charge is 0.330 e. The van der Waals surface area contributed by atoms with E-state index in [2.05, 4.69) is 37.6 Å². The lowest BCUT2D eigenvalue weighted by Gasteiger charge is -2.46. The zero-order valence-electron chi connectivity index (χ0n) is 22.5. The van der Waals surface area contributed by atoms with Crippen LogP contribution in [-0.4, -0.2) is 77.7 Å². The van der Waals surface area contributed by atoms with E-state index in [0.717, 1.165) is 0 Å². The Morgan fingerprint density at radius 3 is 2.26 bits per heavy atom. The van der Waals surface area contributed by atoms with Gasteiger partial charge in [0.25, 0.3) is 5.56 Å². The number of hydrogen-bond acceptors (Lipinski definition) is 7. The summed E-state index contributed by atoms with van der Waals surface area (Å²) in [6, 6.07) is 1.26. The Balaban J connectivity index is 2.27. The molecule has 1 aromatic heterocycles. The Kier molecular flexibility index (Phi) is 8.49. The molecular formula is C24H45N3O6Si. The van der Waals surface area contributed by atoms with E-state index in [1.165, 1.54) is 16.8 Å². The number of aliphatic hydroxyl groups is 1. The maximum absolute atomic E-state index is 12.5. The van der Waals surface area contributed by atoms with Crippen LogP contribution in [0.15, 0.2) is 21.9 Å². The van der Waals surface area contributed by atoms with Gasteiger partial charge in [-0.2, -0.15) is 0 Å². The average molecular weight is 500 g/mol. The minimum Gasteiger partial charge on any atom is -0.432 e. The van der Waals surface area contributed by atoms with Crippen LogP contribution < -0.4 is 11.2 Å². The third-order valence-electron chi connectivity index (χ3n) is 8.55. The Bertz CT molecular complexity index is 947. The molecule has 2 unspecified atom stereocenters. The lowest BCUT2D eigenvalue weighted by atomic mass is 9.74. The molecule has 34 heavy (non-hydrogen) atoms. The molecule has 1 fully saturated rings. The van der Waals surface area contributed by atoms with E-state index in [1.807, 2.05) is 41.0 Å². The molecule has 0 spiro atoms. The predicted octanol–water partition coefficient (Wildman–Crippen LogP) is 2.16. The van der Waals surface area contributed by atoms with Gasteiger partial charge in [0, 0.05) is 29.1 Å². The van der Waals surface area contributed by atoms with Crippen LogP contribution in [0.5, 0.6) is 0 Å². The van der Waals surface area contributed by atoms with E-state index in [4.69, 9.17) is 9.47 Å². The average Bonchev–Trinajstić information content (AvgIpc) is 2.96. The molecule has 0 aromatic carbocycles. The fourth-order valence-electron chi connectivity index (χ4n) is 4.12. The molecule has 0 amide bonds. The van der Waals surface area contributed by atoms with Gasteiger partial charge in [-0.25, -0.2) is 4.79 Å². The molecule has 0 radical (unpaired) electrons. The number of nitrogens with zero attached hydrogens (tertiary/aromatic N) is 2. The molecule has 0 aliphatic carbocycles. The molecule has 10 heteroatoms. The van der Waals surface area contributed by atoms with Gasteiger partial charge in [-0.05, 0) is 52.5 Å². The van der Waals surface area contributed by atoms with Crippen LogP contribution in [0.4, 0.5) is 0 Å². The van der Waals surface area contributed by atoms with Gasteiger partial charge in [0.15, 0.2) is 8.32 Å². The first-order valence-corrected chi connectivity index (χ1v) is 14.9. The van der Waals surface area contributed by atoms with Crippen molar-refractivity contribution >= 4 is 8.32 Å². The number of nitrogens with one attached hydrogen (secondary N) is 1. The molecule has 0 bridgehead atoms. The maximum Gasteiger partial charge on any atom is 0.330 e. The lowest BCUT2D eigenvalue weighted by Crippen LogP contribution is -2.52. The highest BCUT2D eigenvalue weighted by Gasteiger charge is 2.50. The van der Waals surface area contributed by atoms with Crippen LogP contribution in [0, 0.1) is 11.3 Å². The third-order valence-corrected chi connectivity index (χ3v) is 12.1. The van der Waals surface area contributed by atoms with Crippen molar-refractivity contribution in [3.63, 3.8) is 0 Å². The van der Waals surface area contributed by atoms with Crippen LogP contribution in [0.2, 0.25) is 18.1 Å². The Morgan fingerprint density at radius 1 is 1.18 bits per heavy atom. The number of aliphatic hydroxyl groups excluding tert-OH is 1. The summed E-state index contributed by atoms with van der Waals surface area (Å²) in [5, 5.41) is 10.8. The highest BCUT2D eigenvalue weighted by molar-refractivity contribution is 6.72. The van der Waals surface area contributed by atoms with Gasteiger partial charge in [-0.15, -0.1) is 0 Å². The van der Waals surface area contributed by atoms with Gasteiger partial charge in [0.2, 0.25) is 0 Å². The normalized spacial score (nSPS) is 24.7. The highest BCUT2D eigenvalue weighted by Crippen LogP contribution is 2.48. The summed E-state index contributed by atoms with van der Waals surface area (Å²) in [7, 11) is 1.49. The van der Waals surface area contributed by atoms with E-state index in [1.54, 1.807) is 0 Å². The molecule has 1 aliphatic rings. The first-order chi connectivity index (χ1) is 15.3. The summed E-state index contributed by atoms with van der Waals surface area (Å²) < 4.78 is 13.6. The topological polar surface area (TPSA) is 117 Å². The summed E-state index contributed by atoms with van der Waals surface area (Å²) >= 11 is 0. The fraction of sp³-hybridized carbons (Fsp3) is 0.833. The van der Waals surface area contributed by atoms with Crippen molar-refractivity contribution in [2.24, 2.45) is 11.3 Å². The van der Waals surface area contributed by atoms with Gasteiger partial charge < -0.3 is 24.3 Å². The summed E-state index contributed by atoms with van der Waals surface area (Å²) in [6.45, 7) is 16.9. The number of hydrogen-bond donors (Lipinski definition) is 3. The number of H-pyrrole nitrogens is 1. The molecule has 2 heterocycles. The zero-order valence-corrected chi connectivity index (χ0v) is 23.5. The quantitative estimate of drug-likeness (QED) is 0.422. The lowest BCUT2D eigenvalue weighted by molar-refractivity contribution is -0.0903. The molecule has 2 rings (SSSR count). The summed E-state index contributed by atoms with van der Waals surface area (Å²) in [5.74, 6) is -0.461. The highest BCUT2D eigenvalue weighted by atomic mass is 28.4. The molecule has 1 aliphatic heterocycles. The molecule has 4 atom stereocenters. The van der Waals surface area contributed by atoms with Crippen LogP contribution in [-0.2, 0) is 9.47 Å². The number of rotatable bonds is 10. The number of ether oxygens (including phenoxy) is 2. The first kappa shape index (κ1) is 28.9. The molecule has 196 valence electrons. The molecule has 0 saturated carbocycles. The van der Waals surface area contributed by atoms with E-state index < -0.39 is 49.0 Å². The molecule has 1 aromatic rings. The van der Waals surface area contributed by atoms with E-state index in [-0.39, 0.29) is 17.6 Å².